The maximum atomic E-state index is 8.64. The summed E-state index contributed by atoms with van der Waals surface area (Å²) in [6, 6.07) is 2.03. The van der Waals surface area contributed by atoms with E-state index in [4.69, 9.17) is 10.9 Å². The van der Waals surface area contributed by atoms with Crippen LogP contribution in [0, 0.1) is 5.92 Å². The van der Waals surface area contributed by atoms with Crippen molar-refractivity contribution in [2.45, 2.75) is 20.3 Å². The van der Waals surface area contributed by atoms with E-state index in [1.165, 1.54) is 5.69 Å². The third-order valence-electron chi connectivity index (χ3n) is 3.21. The molecular formula is C12H23N5O. The number of aryl methyl sites for hydroxylation is 1. The van der Waals surface area contributed by atoms with Gasteiger partial charge in [-0.3, -0.25) is 4.68 Å². The van der Waals surface area contributed by atoms with Crippen molar-refractivity contribution in [3.8, 4) is 0 Å². The molecule has 0 aliphatic rings. The van der Waals surface area contributed by atoms with Gasteiger partial charge in [0.2, 0.25) is 0 Å². The number of nitrogens with two attached hydrogens (primary N) is 1. The Balaban J connectivity index is 2.45. The van der Waals surface area contributed by atoms with Gasteiger partial charge in [-0.25, -0.2) is 0 Å². The lowest BCUT2D eigenvalue weighted by Gasteiger charge is -2.23. The molecule has 1 heterocycles. The molecule has 1 atom stereocenters. The van der Waals surface area contributed by atoms with Crippen LogP contribution in [0.4, 0.5) is 0 Å². The Labute approximate surface area is 108 Å². The van der Waals surface area contributed by atoms with Crippen LogP contribution in [0.15, 0.2) is 17.4 Å². The van der Waals surface area contributed by atoms with E-state index in [1.807, 2.05) is 30.9 Å². The van der Waals surface area contributed by atoms with Gasteiger partial charge in [-0.1, -0.05) is 19.0 Å². The number of likely N-dealkylation sites (N-methyl/N-ethyl adjacent to an activating group) is 1. The highest BCUT2D eigenvalue weighted by Gasteiger charge is 2.13. The first kappa shape index (κ1) is 14.5. The second-order valence-electron chi connectivity index (χ2n) is 4.52. The monoisotopic (exact) mass is 253 g/mol. The predicted molar refractivity (Wildman–Crippen MR) is 71.6 cm³/mol. The molecule has 0 saturated carbocycles. The molecule has 0 aliphatic heterocycles. The van der Waals surface area contributed by atoms with Crippen molar-refractivity contribution in [3.05, 3.63) is 18.0 Å². The van der Waals surface area contributed by atoms with E-state index >= 15 is 0 Å². The van der Waals surface area contributed by atoms with Crippen molar-refractivity contribution < 1.29 is 5.21 Å². The number of hydrogen-bond donors (Lipinski definition) is 2. The first-order valence-corrected chi connectivity index (χ1v) is 6.25. The van der Waals surface area contributed by atoms with Crippen molar-refractivity contribution in [2.24, 2.45) is 23.9 Å². The van der Waals surface area contributed by atoms with Gasteiger partial charge in [0, 0.05) is 44.4 Å². The smallest absolute Gasteiger partial charge is 0.143 e. The molecule has 0 saturated heterocycles. The Hall–Kier alpha value is -1.56. The van der Waals surface area contributed by atoms with E-state index < -0.39 is 0 Å². The molecule has 6 nitrogen and oxygen atoms in total. The normalized spacial score (nSPS) is 14.1. The minimum Gasteiger partial charge on any atom is -0.409 e. The fraction of sp³-hybridized carbons (Fsp3) is 0.667. The first-order chi connectivity index (χ1) is 8.58. The Morgan fingerprint density at radius 1 is 1.67 bits per heavy atom. The van der Waals surface area contributed by atoms with Gasteiger partial charge >= 0.3 is 0 Å². The summed E-state index contributed by atoms with van der Waals surface area (Å²) in [4.78, 5) is 2.29. The molecule has 0 fully saturated rings. The van der Waals surface area contributed by atoms with Crippen LogP contribution in [-0.2, 0) is 13.5 Å². The van der Waals surface area contributed by atoms with Crippen molar-refractivity contribution >= 4 is 5.84 Å². The van der Waals surface area contributed by atoms with E-state index in [9.17, 15) is 0 Å². The Morgan fingerprint density at radius 2 is 2.39 bits per heavy atom. The van der Waals surface area contributed by atoms with E-state index in [0.29, 0.717) is 0 Å². The van der Waals surface area contributed by atoms with Gasteiger partial charge in [-0.2, -0.15) is 5.10 Å². The largest absolute Gasteiger partial charge is 0.409 e. The van der Waals surface area contributed by atoms with Gasteiger partial charge in [0.05, 0.1) is 0 Å². The van der Waals surface area contributed by atoms with Crippen LogP contribution in [0.5, 0.6) is 0 Å². The van der Waals surface area contributed by atoms with Crippen LogP contribution in [0.1, 0.15) is 19.5 Å². The predicted octanol–water partition coefficient (Wildman–Crippen LogP) is 0.667. The number of hydrogen-bond acceptors (Lipinski definition) is 4. The summed E-state index contributed by atoms with van der Waals surface area (Å²) in [6.45, 7) is 6.76. The Bertz CT molecular complexity index is 388. The lowest BCUT2D eigenvalue weighted by Crippen LogP contribution is -2.36. The average molecular weight is 253 g/mol. The molecule has 1 aromatic heterocycles. The minimum atomic E-state index is 0.0569. The van der Waals surface area contributed by atoms with Crippen molar-refractivity contribution in [3.63, 3.8) is 0 Å². The van der Waals surface area contributed by atoms with Gasteiger partial charge in [-0.05, 0) is 12.6 Å². The Morgan fingerprint density at radius 3 is 2.89 bits per heavy atom. The molecule has 3 N–H and O–H groups in total. The van der Waals surface area contributed by atoms with Crippen molar-refractivity contribution in [2.75, 3.05) is 19.6 Å². The zero-order valence-corrected chi connectivity index (χ0v) is 11.4. The molecule has 6 heteroatoms. The van der Waals surface area contributed by atoms with Crippen LogP contribution in [0.2, 0.25) is 0 Å². The topological polar surface area (TPSA) is 79.7 Å². The highest BCUT2D eigenvalue weighted by molar-refractivity contribution is 5.82. The van der Waals surface area contributed by atoms with Crippen LogP contribution in [-0.4, -0.2) is 45.4 Å². The van der Waals surface area contributed by atoms with Crippen LogP contribution < -0.4 is 5.73 Å². The maximum absolute atomic E-state index is 8.64. The van der Waals surface area contributed by atoms with Gasteiger partial charge in [0.15, 0.2) is 0 Å². The second-order valence-corrected chi connectivity index (χ2v) is 4.52. The third kappa shape index (κ3) is 4.03. The van der Waals surface area contributed by atoms with Gasteiger partial charge < -0.3 is 15.8 Å². The molecule has 0 aromatic carbocycles. The highest BCUT2D eigenvalue weighted by atomic mass is 16.4. The quantitative estimate of drug-likeness (QED) is 0.324. The molecule has 18 heavy (non-hydrogen) atoms. The third-order valence-corrected chi connectivity index (χ3v) is 3.21. The molecule has 0 amide bonds. The SMILES string of the molecule is CCN(CCc1ccnn1C)CC(C)C(N)=NO. The number of rotatable bonds is 7. The fourth-order valence-corrected chi connectivity index (χ4v) is 1.88. The van der Waals surface area contributed by atoms with E-state index in [2.05, 4.69) is 22.1 Å². The van der Waals surface area contributed by atoms with Gasteiger partial charge in [0.25, 0.3) is 0 Å². The number of oxime groups is 1. The van der Waals surface area contributed by atoms with E-state index in [-0.39, 0.29) is 11.8 Å². The summed E-state index contributed by atoms with van der Waals surface area (Å²) in [5.74, 6) is 0.343. The van der Waals surface area contributed by atoms with E-state index in [1.54, 1.807) is 0 Å². The maximum Gasteiger partial charge on any atom is 0.143 e. The van der Waals surface area contributed by atoms with Crippen LogP contribution in [0.3, 0.4) is 0 Å². The van der Waals surface area contributed by atoms with Gasteiger partial charge in [0.1, 0.15) is 5.84 Å². The molecule has 0 bridgehead atoms. The lowest BCUT2D eigenvalue weighted by molar-refractivity contribution is 0.266. The summed E-state index contributed by atoms with van der Waals surface area (Å²) in [6.07, 6.45) is 2.76. The summed E-state index contributed by atoms with van der Waals surface area (Å²) >= 11 is 0. The molecule has 1 rings (SSSR count). The summed E-state index contributed by atoms with van der Waals surface area (Å²) in [5.41, 5.74) is 6.81. The second kappa shape index (κ2) is 7.00. The minimum absolute atomic E-state index is 0.0569. The molecule has 1 unspecified atom stereocenters. The average Bonchev–Trinajstić information content (AvgIpc) is 2.78. The van der Waals surface area contributed by atoms with E-state index in [0.717, 1.165) is 26.1 Å². The van der Waals surface area contributed by atoms with Gasteiger partial charge in [-0.15, -0.1) is 0 Å². The molecular weight excluding hydrogens is 230 g/mol. The first-order valence-electron chi connectivity index (χ1n) is 6.25. The van der Waals surface area contributed by atoms with Crippen LogP contribution in [0.25, 0.3) is 0 Å². The summed E-state index contributed by atoms with van der Waals surface area (Å²) in [7, 11) is 1.95. The molecule has 0 aliphatic carbocycles. The molecule has 102 valence electrons. The van der Waals surface area contributed by atoms with Crippen molar-refractivity contribution in [1.82, 2.24) is 14.7 Å². The molecule has 1 aromatic rings. The number of aromatic nitrogens is 2. The number of amidine groups is 1. The zero-order valence-electron chi connectivity index (χ0n) is 11.4. The highest BCUT2D eigenvalue weighted by Crippen LogP contribution is 2.04. The fourth-order valence-electron chi connectivity index (χ4n) is 1.88. The molecule has 0 spiro atoms. The number of nitrogens with zero attached hydrogens (tertiary/aromatic N) is 4. The Kier molecular flexibility index (Phi) is 5.64. The van der Waals surface area contributed by atoms with Crippen molar-refractivity contribution in [1.29, 1.82) is 0 Å². The van der Waals surface area contributed by atoms with Crippen LogP contribution >= 0.6 is 0 Å². The summed E-state index contributed by atoms with van der Waals surface area (Å²) in [5, 5.41) is 15.8. The zero-order chi connectivity index (χ0) is 13.5. The summed E-state index contributed by atoms with van der Waals surface area (Å²) < 4.78 is 1.89. The standard InChI is InChI=1S/C12H23N5O/c1-4-17(9-10(2)12(13)15-18)8-6-11-5-7-14-16(11)3/h5,7,10,18H,4,6,8-9H2,1-3H3,(H2,13,15). The lowest BCUT2D eigenvalue weighted by atomic mass is 10.1. The molecule has 0 radical (unpaired) electrons.